The fourth-order valence-corrected chi connectivity index (χ4v) is 4.20. The van der Waals surface area contributed by atoms with Crippen LogP contribution < -0.4 is 15.4 Å². The zero-order valence-corrected chi connectivity index (χ0v) is 16.7. The Bertz CT molecular complexity index is 998. The van der Waals surface area contributed by atoms with Crippen molar-refractivity contribution < 1.29 is 19.1 Å². The first kappa shape index (κ1) is 19.1. The van der Waals surface area contributed by atoms with Crippen LogP contribution in [-0.4, -0.2) is 26.0 Å². The van der Waals surface area contributed by atoms with Gasteiger partial charge in [0.2, 0.25) is 0 Å². The van der Waals surface area contributed by atoms with E-state index in [9.17, 15) is 9.59 Å². The van der Waals surface area contributed by atoms with Gasteiger partial charge in [-0.05, 0) is 42.2 Å². The van der Waals surface area contributed by atoms with Gasteiger partial charge in [0, 0.05) is 11.3 Å². The number of nitrogens with one attached hydrogen (secondary N) is 2. The van der Waals surface area contributed by atoms with Crippen LogP contribution in [0, 0.1) is 11.8 Å². The number of anilines is 2. The molecule has 1 aliphatic carbocycles. The maximum atomic E-state index is 13.5. The van der Waals surface area contributed by atoms with Gasteiger partial charge in [0.15, 0.2) is 5.78 Å². The van der Waals surface area contributed by atoms with E-state index in [0.29, 0.717) is 17.7 Å². The quantitative estimate of drug-likeness (QED) is 0.609. The van der Waals surface area contributed by atoms with E-state index >= 15 is 0 Å². The highest BCUT2D eigenvalue weighted by molar-refractivity contribution is 6.11. The summed E-state index contributed by atoms with van der Waals surface area (Å²) in [6.07, 6.45) is 0.581. The van der Waals surface area contributed by atoms with E-state index < -0.39 is 17.9 Å². The first-order chi connectivity index (χ1) is 14.0. The number of Topliss-reactive ketones (excluding diaryl/α,β-unsaturated/α-hetero) is 1. The fourth-order valence-electron chi connectivity index (χ4n) is 4.20. The lowest BCUT2D eigenvalue weighted by Gasteiger charge is -2.32. The molecule has 150 valence electrons. The minimum atomic E-state index is -0.809. The number of hydrogen-bond donors (Lipinski definition) is 2. The molecular weight excluding hydrogens is 368 g/mol. The van der Waals surface area contributed by atoms with E-state index in [0.717, 1.165) is 22.6 Å². The lowest BCUT2D eigenvalue weighted by atomic mass is 9.75. The zero-order chi connectivity index (χ0) is 20.5. The highest BCUT2D eigenvalue weighted by atomic mass is 16.5. The average Bonchev–Trinajstić information content (AvgIpc) is 2.90. The summed E-state index contributed by atoms with van der Waals surface area (Å²) < 4.78 is 10.3. The fraction of sp³-hybridized carbons (Fsp3) is 0.304. The average molecular weight is 392 g/mol. The second-order valence-corrected chi connectivity index (χ2v) is 7.46. The molecule has 29 heavy (non-hydrogen) atoms. The van der Waals surface area contributed by atoms with Crippen molar-refractivity contribution in [3.8, 4) is 5.75 Å². The smallest absolute Gasteiger partial charge is 0.316 e. The zero-order valence-electron chi connectivity index (χ0n) is 16.7. The molecule has 0 spiro atoms. The van der Waals surface area contributed by atoms with Crippen LogP contribution in [0.2, 0.25) is 0 Å². The molecule has 2 aromatic carbocycles. The number of allylic oxidation sites excluding steroid dienone is 1. The van der Waals surface area contributed by atoms with Crippen LogP contribution in [0.4, 0.5) is 11.4 Å². The summed E-state index contributed by atoms with van der Waals surface area (Å²) in [6.45, 7) is 1.91. The molecule has 6 nitrogen and oxygen atoms in total. The largest absolute Gasteiger partial charge is 0.497 e. The number of carbonyl (C=O) groups excluding carboxylic acids is 2. The van der Waals surface area contributed by atoms with E-state index in [4.69, 9.17) is 9.47 Å². The molecule has 1 aliphatic heterocycles. The molecule has 1 heterocycles. The number of benzene rings is 2. The number of ketones is 1. The van der Waals surface area contributed by atoms with Gasteiger partial charge in [-0.15, -0.1) is 0 Å². The second-order valence-electron chi connectivity index (χ2n) is 7.46. The predicted molar refractivity (Wildman–Crippen MR) is 111 cm³/mol. The summed E-state index contributed by atoms with van der Waals surface area (Å²) in [5, 5.41) is 6.94. The van der Waals surface area contributed by atoms with Gasteiger partial charge in [-0.2, -0.15) is 0 Å². The number of hydrogen-bond acceptors (Lipinski definition) is 6. The molecule has 0 bridgehead atoms. The Morgan fingerprint density at radius 2 is 1.83 bits per heavy atom. The molecule has 0 amide bonds. The van der Waals surface area contributed by atoms with Crippen molar-refractivity contribution in [3.05, 3.63) is 65.4 Å². The SMILES string of the molecule is COC(=O)[C@H]1C(=O)C2=C(C[C@@H]1C)Nc1ccccc1N[C@@H]2c1cccc(OC)c1. The lowest BCUT2D eigenvalue weighted by Crippen LogP contribution is -2.39. The van der Waals surface area contributed by atoms with Gasteiger partial charge >= 0.3 is 5.97 Å². The third kappa shape index (κ3) is 3.35. The molecule has 2 aromatic rings. The molecule has 2 aliphatic rings. The molecule has 0 saturated carbocycles. The number of rotatable bonds is 3. The van der Waals surface area contributed by atoms with Crippen molar-refractivity contribution in [3.63, 3.8) is 0 Å². The topological polar surface area (TPSA) is 76.7 Å². The first-order valence-corrected chi connectivity index (χ1v) is 9.65. The van der Waals surface area contributed by atoms with Crippen LogP contribution in [-0.2, 0) is 14.3 Å². The Morgan fingerprint density at radius 1 is 1.07 bits per heavy atom. The van der Waals surface area contributed by atoms with E-state index in [1.807, 2.05) is 55.5 Å². The number of carbonyl (C=O) groups is 2. The normalized spacial score (nSPS) is 23.1. The minimum absolute atomic E-state index is 0.155. The van der Waals surface area contributed by atoms with E-state index in [1.54, 1.807) is 7.11 Å². The number of esters is 1. The van der Waals surface area contributed by atoms with Gasteiger partial charge in [0.25, 0.3) is 0 Å². The van der Waals surface area contributed by atoms with Crippen molar-refractivity contribution in [2.75, 3.05) is 24.9 Å². The van der Waals surface area contributed by atoms with Crippen molar-refractivity contribution in [2.24, 2.45) is 11.8 Å². The molecule has 0 radical (unpaired) electrons. The first-order valence-electron chi connectivity index (χ1n) is 9.65. The Labute approximate surface area is 169 Å². The minimum Gasteiger partial charge on any atom is -0.497 e. The predicted octanol–water partition coefficient (Wildman–Crippen LogP) is 3.93. The molecular formula is C23H24N2O4. The van der Waals surface area contributed by atoms with E-state index in [-0.39, 0.29) is 11.7 Å². The lowest BCUT2D eigenvalue weighted by molar-refractivity contribution is -0.151. The van der Waals surface area contributed by atoms with Crippen LogP contribution in [0.15, 0.2) is 59.8 Å². The Balaban J connectivity index is 1.87. The van der Waals surface area contributed by atoms with E-state index in [2.05, 4.69) is 10.6 Å². The highest BCUT2D eigenvalue weighted by Crippen LogP contribution is 2.44. The maximum Gasteiger partial charge on any atom is 0.316 e. The molecule has 6 heteroatoms. The summed E-state index contributed by atoms with van der Waals surface area (Å²) in [7, 11) is 2.94. The second kappa shape index (κ2) is 7.62. The third-order valence-electron chi connectivity index (χ3n) is 5.65. The summed E-state index contributed by atoms with van der Waals surface area (Å²) >= 11 is 0. The molecule has 2 N–H and O–H groups in total. The molecule has 0 unspecified atom stereocenters. The number of methoxy groups -OCH3 is 2. The van der Waals surface area contributed by atoms with Gasteiger partial charge in [-0.25, -0.2) is 0 Å². The van der Waals surface area contributed by atoms with Crippen molar-refractivity contribution in [1.29, 1.82) is 0 Å². The standard InChI is InChI=1S/C23H24N2O4/c1-13-11-18-20(22(26)19(13)23(27)29-3)21(14-7-6-8-15(12-14)28-2)25-17-10-5-4-9-16(17)24-18/h4-10,12-13,19,21,24-25H,11H2,1-3H3/t13-,19+,21+/m0/s1. The van der Waals surface area contributed by atoms with Crippen LogP contribution in [0.5, 0.6) is 5.75 Å². The van der Waals surface area contributed by atoms with Gasteiger partial charge in [-0.1, -0.05) is 31.2 Å². The molecule has 0 aromatic heterocycles. The van der Waals surface area contributed by atoms with Crippen LogP contribution in [0.25, 0.3) is 0 Å². The molecule has 4 rings (SSSR count). The van der Waals surface area contributed by atoms with Crippen molar-refractivity contribution in [2.45, 2.75) is 19.4 Å². The molecule has 0 saturated heterocycles. The third-order valence-corrected chi connectivity index (χ3v) is 5.65. The number of ether oxygens (including phenoxy) is 2. The Morgan fingerprint density at radius 3 is 2.55 bits per heavy atom. The monoisotopic (exact) mass is 392 g/mol. The van der Waals surface area contributed by atoms with Gasteiger partial charge in [-0.3, -0.25) is 9.59 Å². The summed E-state index contributed by atoms with van der Waals surface area (Å²) in [4.78, 5) is 25.9. The maximum absolute atomic E-state index is 13.5. The van der Waals surface area contributed by atoms with Gasteiger partial charge in [0.05, 0.1) is 31.6 Å². The Kier molecular flexibility index (Phi) is 5.01. The number of para-hydroxylation sites is 2. The highest BCUT2D eigenvalue weighted by Gasteiger charge is 2.44. The summed E-state index contributed by atoms with van der Waals surface area (Å²) in [6, 6.07) is 15.1. The Hall–Kier alpha value is -3.28. The summed E-state index contributed by atoms with van der Waals surface area (Å²) in [5.41, 5.74) is 4.10. The summed E-state index contributed by atoms with van der Waals surface area (Å²) in [5.74, 6) is -0.946. The van der Waals surface area contributed by atoms with E-state index in [1.165, 1.54) is 7.11 Å². The van der Waals surface area contributed by atoms with Crippen LogP contribution >= 0.6 is 0 Å². The van der Waals surface area contributed by atoms with Crippen LogP contribution in [0.1, 0.15) is 24.9 Å². The van der Waals surface area contributed by atoms with Gasteiger partial charge in [0.1, 0.15) is 11.7 Å². The van der Waals surface area contributed by atoms with Crippen LogP contribution in [0.3, 0.4) is 0 Å². The molecule has 3 atom stereocenters. The number of fused-ring (bicyclic) bond motifs is 1. The van der Waals surface area contributed by atoms with Crippen molar-refractivity contribution >= 4 is 23.1 Å². The molecule has 0 fully saturated rings. The van der Waals surface area contributed by atoms with Gasteiger partial charge < -0.3 is 20.1 Å². The van der Waals surface area contributed by atoms with Crippen molar-refractivity contribution in [1.82, 2.24) is 0 Å².